The molecule has 40 heteroatoms. The smallest absolute Gasteiger partial charge is 0.261 e. The number of sulfonamides is 4. The molecule has 0 aliphatic heterocycles. The van der Waals surface area contributed by atoms with Crippen LogP contribution in [-0.2, 0) is 73.2 Å². The second-order valence-electron chi connectivity index (χ2n) is 31.4. The molecule has 0 saturated heterocycles. The van der Waals surface area contributed by atoms with E-state index in [0.717, 1.165) is 35.2 Å². The molecule has 129 heavy (non-hydrogen) atoms. The average Bonchev–Trinajstić information content (AvgIpc) is 1.78. The van der Waals surface area contributed by atoms with Gasteiger partial charge in [0.25, 0.3) is 40.1 Å². The largest absolute Gasteiger partial charge is 0.491 e. The van der Waals surface area contributed by atoms with Gasteiger partial charge in [-0.15, -0.1) is 0 Å². The number of benzene rings is 5. The number of ether oxygens (including phenoxy) is 1. The number of hydrogen-bond donors (Lipinski definition) is 4. The number of rotatable bonds is 25. The molecule has 5 aromatic carbocycles. The van der Waals surface area contributed by atoms with E-state index in [1.807, 2.05) is 69.2 Å². The summed E-state index contributed by atoms with van der Waals surface area (Å²) in [5, 5.41) is 0.397. The van der Waals surface area contributed by atoms with Crippen molar-refractivity contribution in [1.29, 1.82) is 0 Å². The van der Waals surface area contributed by atoms with Crippen LogP contribution in [0.5, 0.6) is 5.75 Å². The Bertz CT molecular complexity index is 7110. The first-order chi connectivity index (χ1) is 60.2. The van der Waals surface area contributed by atoms with Crippen LogP contribution in [0.4, 0.5) is 27.1 Å². The summed E-state index contributed by atoms with van der Waals surface area (Å²) in [5.74, 6) is -1.90. The molecule has 0 unspecified atom stereocenters. The topological polar surface area (TPSA) is 422 Å². The summed E-state index contributed by atoms with van der Waals surface area (Å²) in [4.78, 5) is 91.8. The van der Waals surface area contributed by atoms with Crippen molar-refractivity contribution in [3.8, 4) is 5.75 Å². The number of ketones is 4. The van der Waals surface area contributed by atoms with Crippen molar-refractivity contribution in [2.24, 2.45) is 7.05 Å². The van der Waals surface area contributed by atoms with Gasteiger partial charge in [0, 0.05) is 95.2 Å². The zero-order chi connectivity index (χ0) is 94.8. The van der Waals surface area contributed by atoms with E-state index < -0.39 is 84.3 Å². The van der Waals surface area contributed by atoms with E-state index in [2.05, 4.69) is 69.7 Å². The predicted molar refractivity (Wildman–Crippen MR) is 494 cm³/mol. The highest BCUT2D eigenvalue weighted by Crippen LogP contribution is 2.36. The van der Waals surface area contributed by atoms with Crippen molar-refractivity contribution in [2.45, 2.75) is 123 Å². The first kappa shape index (κ1) is 99.3. The highest BCUT2D eigenvalue weighted by atomic mass is 79.9. The minimum absolute atomic E-state index is 0.00211. The number of aryl methyl sites for hydroxylation is 2. The Labute approximate surface area is 773 Å². The molecule has 0 radical (unpaired) electrons. The molecule has 0 saturated carbocycles. The van der Waals surface area contributed by atoms with E-state index >= 15 is 0 Å². The second kappa shape index (κ2) is 40.4. The van der Waals surface area contributed by atoms with Crippen LogP contribution in [0.25, 0.3) is 0 Å². The van der Waals surface area contributed by atoms with Crippen molar-refractivity contribution in [3.05, 3.63) is 346 Å². The van der Waals surface area contributed by atoms with E-state index in [1.165, 1.54) is 164 Å². The molecule has 0 aliphatic rings. The summed E-state index contributed by atoms with van der Waals surface area (Å²) in [6.07, 6.45) is 13.0. The summed E-state index contributed by atoms with van der Waals surface area (Å²) < 4.78 is 163. The lowest BCUT2D eigenvalue weighted by Gasteiger charge is -2.21. The third-order valence-electron chi connectivity index (χ3n) is 18.8. The number of carbonyl (C=O) groups excluding carboxylic acids is 4. The van der Waals surface area contributed by atoms with Gasteiger partial charge in [-0.2, -0.15) is 0 Å². The van der Waals surface area contributed by atoms with Crippen LogP contribution in [0.2, 0.25) is 20.1 Å². The molecule has 8 heterocycles. The van der Waals surface area contributed by atoms with Crippen molar-refractivity contribution in [3.63, 3.8) is 0 Å². The fourth-order valence-electron chi connectivity index (χ4n) is 11.9. The van der Waals surface area contributed by atoms with Crippen LogP contribution < -0.4 is 29.2 Å². The molecule has 29 nitrogen and oxygen atoms in total. The van der Waals surface area contributed by atoms with Gasteiger partial charge in [-0.05, 0) is 199 Å². The molecular weight excluding hydrogens is 1910 g/mol. The van der Waals surface area contributed by atoms with E-state index in [1.54, 1.807) is 73.9 Å². The number of nitrogens with one attached hydrogen (secondary N) is 4. The maximum atomic E-state index is 13.6. The minimum atomic E-state index is -4.11. The van der Waals surface area contributed by atoms with E-state index in [9.17, 15) is 70.5 Å². The van der Waals surface area contributed by atoms with Crippen molar-refractivity contribution in [2.75, 3.05) is 25.1 Å². The van der Waals surface area contributed by atoms with Gasteiger partial charge in [0.05, 0.1) is 80.1 Å². The number of oxazole rings is 1. The zero-order valence-electron chi connectivity index (χ0n) is 70.8. The van der Waals surface area contributed by atoms with Gasteiger partial charge in [-0.3, -0.25) is 47.8 Å². The number of pyridine rings is 7. The van der Waals surface area contributed by atoms with Crippen LogP contribution in [0.15, 0.2) is 270 Å². The average molecular weight is 1990 g/mol. The monoisotopic (exact) mass is 1990 g/mol. The Morgan fingerprint density at radius 1 is 0.457 bits per heavy atom. The van der Waals surface area contributed by atoms with E-state index in [4.69, 9.17) is 55.6 Å². The SMILES string of the molecule is CC(C)(C)c1ccc(S(=O)(=O)Nc2cc(Cl)cnc2C(=O)c2ccc(S(C)(=O)=O)nc2)cc1.CC(C)(c1ccc(S(=O)(=O)Nc2cc(Cl)cnc2C(=O)c2cccc(F)c2)cc1)c1ncco1.Cc1ncc(Br)cc1C(=O)c1ncc(Cl)cc1NS(=O)(=O)c1ccc(OC(C)C)cc1.Cn1cc(C(=O)c2ncc(Cl)cc2NS(=O)(=O)c2ccc(C(C)(C)C)cc2)ccc1=O. The Morgan fingerprint density at radius 3 is 1.21 bits per heavy atom. The lowest BCUT2D eigenvalue weighted by molar-refractivity contribution is 0.102. The van der Waals surface area contributed by atoms with Crippen molar-refractivity contribution >= 4 is 158 Å². The number of carbonyl (C=O) groups is 4. The van der Waals surface area contributed by atoms with Gasteiger partial charge in [0.2, 0.25) is 34.6 Å². The van der Waals surface area contributed by atoms with Crippen molar-refractivity contribution < 1.29 is 74.8 Å². The lowest BCUT2D eigenvalue weighted by atomic mass is 9.84. The van der Waals surface area contributed by atoms with Gasteiger partial charge in [-0.1, -0.05) is 136 Å². The van der Waals surface area contributed by atoms with Crippen LogP contribution in [0.3, 0.4) is 0 Å². The number of halogens is 6. The van der Waals surface area contributed by atoms with Gasteiger partial charge >= 0.3 is 0 Å². The number of aromatic nitrogens is 8. The van der Waals surface area contributed by atoms with Gasteiger partial charge in [-0.25, -0.2) is 76.4 Å². The maximum absolute atomic E-state index is 13.6. The van der Waals surface area contributed by atoms with E-state index in [-0.39, 0.29) is 129 Å². The predicted octanol–water partition coefficient (Wildman–Crippen LogP) is 17.9. The van der Waals surface area contributed by atoms with Gasteiger partial charge in [0.15, 0.2) is 14.9 Å². The molecular formula is C89H82BrCl4FN12O17S5. The molecule has 0 bridgehead atoms. The van der Waals surface area contributed by atoms with Crippen LogP contribution in [-0.4, -0.2) is 117 Å². The molecule has 0 amide bonds. The molecule has 8 aromatic heterocycles. The Morgan fingerprint density at radius 2 is 0.845 bits per heavy atom. The molecule has 672 valence electrons. The molecule has 0 aliphatic carbocycles. The quantitative estimate of drug-likeness (QED) is 0.0386. The number of nitrogens with zero attached hydrogens (tertiary/aromatic N) is 8. The highest BCUT2D eigenvalue weighted by Gasteiger charge is 2.32. The van der Waals surface area contributed by atoms with Crippen LogP contribution in [0.1, 0.15) is 162 Å². The zero-order valence-corrected chi connectivity index (χ0v) is 79.5. The summed E-state index contributed by atoms with van der Waals surface area (Å²) in [7, 11) is -18.2. The van der Waals surface area contributed by atoms with Gasteiger partial charge in [0.1, 0.15) is 40.6 Å². The summed E-state index contributed by atoms with van der Waals surface area (Å²) >= 11 is 27.3. The van der Waals surface area contributed by atoms with Crippen LogP contribution >= 0.6 is 62.3 Å². The Kier molecular flexibility index (Phi) is 31.1. The third kappa shape index (κ3) is 25.6. The molecule has 0 atom stereocenters. The molecule has 0 spiro atoms. The Balaban J connectivity index is 0.000000179. The normalized spacial score (nSPS) is 11.9. The molecule has 13 aromatic rings. The molecule has 4 N–H and O–H groups in total. The van der Waals surface area contributed by atoms with E-state index in [0.29, 0.717) is 27.4 Å². The van der Waals surface area contributed by atoms with Crippen LogP contribution in [0, 0.1) is 12.7 Å². The second-order valence-corrected chi connectivity index (χ2v) is 42.8. The molecule has 0 fully saturated rings. The third-order valence-corrected chi connectivity index (χ3v) is 26.6. The number of sulfone groups is 1. The maximum Gasteiger partial charge on any atom is 0.261 e. The lowest BCUT2D eigenvalue weighted by Crippen LogP contribution is -2.20. The number of hydrogen-bond acceptors (Lipinski definition) is 24. The van der Waals surface area contributed by atoms with Gasteiger partial charge < -0.3 is 13.7 Å². The first-order valence-electron chi connectivity index (χ1n) is 38.3. The fraction of sp³-hybridized carbons (Fsp3) is 0.191. The Hall–Kier alpha value is -11.8. The van der Waals surface area contributed by atoms with Crippen molar-refractivity contribution in [1.82, 2.24) is 39.5 Å². The summed E-state index contributed by atoms with van der Waals surface area (Å²) in [6, 6.07) is 42.1. The molecule has 13 rings (SSSR count). The standard InChI is InChI=1S/C24H19ClFN3O4S.C22H22ClN3O5S2.C22H22ClN3O4S.C21H19BrClN3O4S/c1-24(2,23-27-10-11-33-23)16-6-8-19(9-7-16)34(31,32)29-20-13-17(25)14-28-21(20)22(30)15-4-3-5-18(26)12-15;1-22(2,3)15-6-8-17(9-7-15)33(30,31)26-18-11-16(23)13-25-20(18)21(27)14-5-10-19(24-12-14)32(4,28)29;1-22(2,3)15-6-8-17(9-7-15)31(29,30)25-18-11-16(23)12-24-20(18)21(28)14-5-10-19(27)26(4)13-14;1-12(2)30-16-4-6-17(7-5-16)31(28,29)26-19-9-15(23)11-25-20(19)21(27)18-8-14(22)10-24-13(18)3/h3-14,29H,1-2H3;5-13,26H,1-4H3;5-13,25H,1-4H3;4-12,26H,1-3H3. The summed E-state index contributed by atoms with van der Waals surface area (Å²) in [5.41, 5.74) is 1.70. The first-order valence-corrected chi connectivity index (χ1v) is 48.5. The number of anilines is 4. The summed E-state index contributed by atoms with van der Waals surface area (Å²) in [6.45, 7) is 21.4. The fourth-order valence-corrected chi connectivity index (χ4v) is 17.7. The highest BCUT2D eigenvalue weighted by molar-refractivity contribution is 9.10. The minimum Gasteiger partial charge on any atom is -0.491 e.